The quantitative estimate of drug-likeness (QED) is 0.642. The molecule has 0 aliphatic rings. The number of aliphatic carboxylic acids is 1. The first-order chi connectivity index (χ1) is 7.34. The molecule has 0 aliphatic heterocycles. The summed E-state index contributed by atoms with van der Waals surface area (Å²) in [6, 6.07) is 9.82. The first kappa shape index (κ1) is 12.7. The number of rotatable bonds is 3. The number of hydrogen-bond donors (Lipinski definition) is 1. The van der Waals surface area contributed by atoms with E-state index < -0.39 is 14.0 Å². The van der Waals surface area contributed by atoms with Crippen LogP contribution in [-0.2, 0) is 4.79 Å². The van der Waals surface area contributed by atoms with Gasteiger partial charge in [-0.15, -0.1) is 0 Å². The zero-order valence-electron chi connectivity index (χ0n) is 10.2. The fourth-order valence-electron chi connectivity index (χ4n) is 1.92. The van der Waals surface area contributed by atoms with Crippen molar-refractivity contribution in [2.24, 2.45) is 0 Å². The smallest absolute Gasteiger partial charge is 0.331 e. The van der Waals surface area contributed by atoms with E-state index in [1.54, 1.807) is 6.92 Å². The van der Waals surface area contributed by atoms with Crippen molar-refractivity contribution in [1.82, 2.24) is 0 Å². The number of carboxylic acid groups (broad SMARTS) is 1. The number of carbonyl (C=O) groups is 1. The van der Waals surface area contributed by atoms with Crippen LogP contribution in [0.25, 0.3) is 5.20 Å². The molecule has 0 atom stereocenters. The Labute approximate surface area is 97.6 Å². The van der Waals surface area contributed by atoms with E-state index in [2.05, 4.69) is 19.6 Å². The van der Waals surface area contributed by atoms with Gasteiger partial charge in [0.05, 0.1) is 8.07 Å². The van der Waals surface area contributed by atoms with E-state index in [4.69, 9.17) is 5.11 Å². The van der Waals surface area contributed by atoms with Gasteiger partial charge in [0.15, 0.2) is 0 Å². The second-order valence-electron chi connectivity index (χ2n) is 4.92. The Bertz CT molecular complexity index is 413. The van der Waals surface area contributed by atoms with Gasteiger partial charge in [-0.05, 0) is 17.7 Å². The van der Waals surface area contributed by atoms with Crippen molar-refractivity contribution in [3.05, 3.63) is 41.5 Å². The Morgan fingerprint density at radius 1 is 1.12 bits per heavy atom. The predicted octanol–water partition coefficient (Wildman–Crippen LogP) is 3.42. The van der Waals surface area contributed by atoms with Crippen molar-refractivity contribution in [3.63, 3.8) is 0 Å². The maximum atomic E-state index is 11.1. The summed E-state index contributed by atoms with van der Waals surface area (Å²) in [7, 11) is -1.65. The second kappa shape index (κ2) is 4.66. The third-order valence-electron chi connectivity index (χ3n) is 2.51. The molecule has 0 aromatic heterocycles. The molecule has 0 fully saturated rings. The lowest BCUT2D eigenvalue weighted by atomic mass is 10.1. The van der Waals surface area contributed by atoms with Crippen LogP contribution in [0.15, 0.2) is 35.9 Å². The summed E-state index contributed by atoms with van der Waals surface area (Å²) < 4.78 is 0. The van der Waals surface area contributed by atoms with E-state index >= 15 is 0 Å². The molecule has 3 heteroatoms. The van der Waals surface area contributed by atoms with Crippen LogP contribution < -0.4 is 0 Å². The summed E-state index contributed by atoms with van der Waals surface area (Å²) in [6.07, 6.45) is 0. The van der Waals surface area contributed by atoms with Crippen LogP contribution in [0.3, 0.4) is 0 Å². The molecule has 0 saturated carbocycles. The minimum absolute atomic E-state index is 0.477. The monoisotopic (exact) mass is 234 g/mol. The van der Waals surface area contributed by atoms with Gasteiger partial charge < -0.3 is 5.11 Å². The summed E-state index contributed by atoms with van der Waals surface area (Å²) in [6.45, 7) is 8.20. The van der Waals surface area contributed by atoms with Crippen LogP contribution in [0.5, 0.6) is 0 Å². The summed E-state index contributed by atoms with van der Waals surface area (Å²) in [5.41, 5.74) is 1.52. The Morgan fingerprint density at radius 3 is 2.00 bits per heavy atom. The van der Waals surface area contributed by atoms with Gasteiger partial charge in [0.2, 0.25) is 0 Å². The number of carboxylic acids is 1. The lowest BCUT2D eigenvalue weighted by Crippen LogP contribution is -2.25. The average molecular weight is 234 g/mol. The van der Waals surface area contributed by atoms with Crippen molar-refractivity contribution in [1.29, 1.82) is 0 Å². The Balaban J connectivity index is 3.40. The van der Waals surface area contributed by atoms with E-state index in [0.717, 1.165) is 10.8 Å². The van der Waals surface area contributed by atoms with Crippen molar-refractivity contribution in [2.45, 2.75) is 26.6 Å². The lowest BCUT2D eigenvalue weighted by molar-refractivity contribution is -0.132. The van der Waals surface area contributed by atoms with Crippen LogP contribution in [0, 0.1) is 0 Å². The van der Waals surface area contributed by atoms with E-state index in [1.165, 1.54) is 0 Å². The van der Waals surface area contributed by atoms with E-state index in [0.29, 0.717) is 5.57 Å². The summed E-state index contributed by atoms with van der Waals surface area (Å²) in [5.74, 6) is -0.818. The summed E-state index contributed by atoms with van der Waals surface area (Å²) in [4.78, 5) is 11.1. The highest BCUT2D eigenvalue weighted by Gasteiger charge is 2.25. The van der Waals surface area contributed by atoms with Crippen LogP contribution in [0.2, 0.25) is 19.6 Å². The second-order valence-corrected chi connectivity index (χ2v) is 9.92. The van der Waals surface area contributed by atoms with Gasteiger partial charge in [0.25, 0.3) is 0 Å². The Hall–Kier alpha value is -1.35. The fourth-order valence-corrected chi connectivity index (χ4v) is 4.19. The molecular weight excluding hydrogens is 216 g/mol. The zero-order chi connectivity index (χ0) is 12.3. The number of benzene rings is 1. The van der Waals surface area contributed by atoms with Gasteiger partial charge in [0, 0.05) is 5.57 Å². The van der Waals surface area contributed by atoms with Crippen molar-refractivity contribution in [3.8, 4) is 0 Å². The van der Waals surface area contributed by atoms with Crippen LogP contribution in [-0.4, -0.2) is 19.1 Å². The minimum atomic E-state index is -1.65. The van der Waals surface area contributed by atoms with Gasteiger partial charge in [-0.25, -0.2) is 4.79 Å². The van der Waals surface area contributed by atoms with E-state index in [-0.39, 0.29) is 0 Å². The molecule has 1 aromatic carbocycles. The maximum absolute atomic E-state index is 11.1. The SMILES string of the molecule is CC(C(=O)O)=C(c1ccccc1)[Si](C)(C)C. The van der Waals surface area contributed by atoms with Gasteiger partial charge in [-0.1, -0.05) is 50.0 Å². The molecule has 1 rings (SSSR count). The molecule has 0 unspecified atom stereocenters. The van der Waals surface area contributed by atoms with Gasteiger partial charge in [-0.3, -0.25) is 0 Å². The molecule has 0 spiro atoms. The van der Waals surface area contributed by atoms with E-state index in [9.17, 15) is 4.79 Å². The van der Waals surface area contributed by atoms with Crippen LogP contribution in [0.4, 0.5) is 0 Å². The molecule has 0 heterocycles. The standard InChI is InChI=1S/C13H18O2Si/c1-10(13(14)15)12(16(2,3)4)11-8-6-5-7-9-11/h5-9H,1-4H3,(H,14,15). The first-order valence-corrected chi connectivity index (χ1v) is 8.84. The normalized spacial score (nSPS) is 13.2. The molecule has 0 bridgehead atoms. The molecular formula is C13H18O2Si. The predicted molar refractivity (Wildman–Crippen MR) is 70.0 cm³/mol. The molecule has 0 aliphatic carbocycles. The Kier molecular flexibility index (Phi) is 3.70. The lowest BCUT2D eigenvalue weighted by Gasteiger charge is -2.23. The molecule has 2 nitrogen and oxygen atoms in total. The van der Waals surface area contributed by atoms with Crippen molar-refractivity contribution >= 4 is 19.2 Å². The molecule has 0 amide bonds. The first-order valence-electron chi connectivity index (χ1n) is 5.34. The van der Waals surface area contributed by atoms with Gasteiger partial charge in [0.1, 0.15) is 0 Å². The highest BCUT2D eigenvalue weighted by Crippen LogP contribution is 2.29. The molecule has 0 radical (unpaired) electrons. The number of hydrogen-bond acceptors (Lipinski definition) is 1. The maximum Gasteiger partial charge on any atom is 0.331 e. The molecule has 0 saturated heterocycles. The molecule has 1 aromatic rings. The fraction of sp³-hybridized carbons (Fsp3) is 0.308. The zero-order valence-corrected chi connectivity index (χ0v) is 11.2. The molecule has 1 N–H and O–H groups in total. The summed E-state index contributed by atoms with van der Waals surface area (Å²) >= 11 is 0. The van der Waals surface area contributed by atoms with Crippen molar-refractivity contribution in [2.75, 3.05) is 0 Å². The van der Waals surface area contributed by atoms with Gasteiger partial charge >= 0.3 is 5.97 Å². The van der Waals surface area contributed by atoms with Crippen LogP contribution in [0.1, 0.15) is 12.5 Å². The summed E-state index contributed by atoms with van der Waals surface area (Å²) in [5, 5.41) is 10.2. The van der Waals surface area contributed by atoms with Crippen LogP contribution >= 0.6 is 0 Å². The van der Waals surface area contributed by atoms with Crippen molar-refractivity contribution < 1.29 is 9.90 Å². The van der Waals surface area contributed by atoms with Gasteiger partial charge in [-0.2, -0.15) is 0 Å². The molecule has 86 valence electrons. The highest BCUT2D eigenvalue weighted by molar-refractivity contribution is 6.94. The third-order valence-corrected chi connectivity index (χ3v) is 4.67. The van der Waals surface area contributed by atoms with E-state index in [1.807, 2.05) is 30.3 Å². The highest BCUT2D eigenvalue weighted by atomic mass is 28.3. The minimum Gasteiger partial charge on any atom is -0.478 e. The average Bonchev–Trinajstić information content (AvgIpc) is 2.17. The third kappa shape index (κ3) is 2.82. The Morgan fingerprint density at radius 2 is 1.62 bits per heavy atom. The largest absolute Gasteiger partial charge is 0.478 e. The topological polar surface area (TPSA) is 37.3 Å². The molecule has 16 heavy (non-hydrogen) atoms.